The van der Waals surface area contributed by atoms with E-state index in [4.69, 9.17) is 15.3 Å². The summed E-state index contributed by atoms with van der Waals surface area (Å²) < 4.78 is 13.1. The van der Waals surface area contributed by atoms with Crippen molar-refractivity contribution >= 4 is 17.9 Å². The van der Waals surface area contributed by atoms with Crippen LogP contribution in [-0.4, -0.2) is 62.8 Å². The van der Waals surface area contributed by atoms with Gasteiger partial charge in [-0.05, 0) is 20.8 Å². The van der Waals surface area contributed by atoms with Crippen molar-refractivity contribution in [3.05, 3.63) is 0 Å². The van der Waals surface area contributed by atoms with Gasteiger partial charge in [-0.25, -0.2) is 4.79 Å². The van der Waals surface area contributed by atoms with Crippen LogP contribution in [-0.2, 0) is 28.6 Å². The first-order valence-electron chi connectivity index (χ1n) is 6.33. The average molecular weight is 324 g/mol. The van der Waals surface area contributed by atoms with Gasteiger partial charge in [0.05, 0.1) is 12.8 Å². The maximum Gasteiger partial charge on any atom is 0.341 e. The van der Waals surface area contributed by atoms with Gasteiger partial charge >= 0.3 is 17.9 Å². The number of esters is 3. The Labute approximate surface area is 126 Å². The van der Waals surface area contributed by atoms with Gasteiger partial charge in [0.15, 0.2) is 24.5 Å². The molecule has 0 aromatic rings. The second-order valence-corrected chi connectivity index (χ2v) is 4.57. The highest BCUT2D eigenvalue weighted by Gasteiger charge is 2.44. The third kappa shape index (κ3) is 7.88. The van der Waals surface area contributed by atoms with Crippen molar-refractivity contribution in [1.82, 2.24) is 0 Å². The summed E-state index contributed by atoms with van der Waals surface area (Å²) in [6.45, 7) is 3.31. The highest BCUT2D eigenvalue weighted by atomic mass is 16.7. The summed E-state index contributed by atoms with van der Waals surface area (Å²) >= 11 is 0. The van der Waals surface area contributed by atoms with E-state index >= 15 is 0 Å². The Balaban J connectivity index is 5.07. The zero-order chi connectivity index (χ0) is 17.5. The Morgan fingerprint density at radius 1 is 0.818 bits per heavy atom. The standard InChI is InChI=1S/C12H20O10/c1-6(13)20-9(16)4-12(19,11(18)22-8(3)15)5-10(17)21-7(2)14/h6-8,13-15,19H,4-5H2,1-3H3. The summed E-state index contributed by atoms with van der Waals surface area (Å²) in [5, 5.41) is 36.9. The molecule has 0 saturated carbocycles. The topological polar surface area (TPSA) is 160 Å². The number of rotatable bonds is 8. The molecule has 0 aromatic heterocycles. The number of hydrogen-bond acceptors (Lipinski definition) is 10. The van der Waals surface area contributed by atoms with E-state index in [1.165, 1.54) is 0 Å². The minimum Gasteiger partial charge on any atom is -0.436 e. The number of ether oxygens (including phenoxy) is 3. The Hall–Kier alpha value is -1.75. The molecule has 0 aliphatic heterocycles. The van der Waals surface area contributed by atoms with Gasteiger partial charge in [0.2, 0.25) is 0 Å². The molecular weight excluding hydrogens is 304 g/mol. The fraction of sp³-hybridized carbons (Fsp3) is 0.750. The molecule has 0 aliphatic carbocycles. The number of aliphatic hydroxyl groups is 4. The van der Waals surface area contributed by atoms with Crippen LogP contribution < -0.4 is 0 Å². The normalized spacial score (nSPS) is 17.6. The molecule has 3 atom stereocenters. The molecule has 0 fully saturated rings. The molecule has 0 aromatic carbocycles. The summed E-state index contributed by atoms with van der Waals surface area (Å²) in [4.78, 5) is 34.6. The van der Waals surface area contributed by atoms with Crippen LogP contribution in [0.5, 0.6) is 0 Å². The predicted octanol–water partition coefficient (Wildman–Crippen LogP) is -1.86. The summed E-state index contributed by atoms with van der Waals surface area (Å²) in [7, 11) is 0. The van der Waals surface area contributed by atoms with Crippen LogP contribution in [0.25, 0.3) is 0 Å². The smallest absolute Gasteiger partial charge is 0.341 e. The molecule has 0 spiro atoms. The Bertz CT molecular complexity index is 377. The Kier molecular flexibility index (Phi) is 7.95. The lowest BCUT2D eigenvalue weighted by atomic mass is 9.95. The van der Waals surface area contributed by atoms with E-state index in [9.17, 15) is 19.5 Å². The molecule has 10 nitrogen and oxygen atoms in total. The first kappa shape index (κ1) is 20.2. The largest absolute Gasteiger partial charge is 0.436 e. The molecule has 0 saturated heterocycles. The van der Waals surface area contributed by atoms with E-state index in [2.05, 4.69) is 14.2 Å². The number of carbonyl (C=O) groups is 3. The highest BCUT2D eigenvalue weighted by molar-refractivity contribution is 5.90. The van der Waals surface area contributed by atoms with Crippen LogP contribution in [0.4, 0.5) is 0 Å². The van der Waals surface area contributed by atoms with E-state index in [0.717, 1.165) is 20.8 Å². The fourth-order valence-electron chi connectivity index (χ4n) is 1.41. The molecule has 0 bridgehead atoms. The van der Waals surface area contributed by atoms with Crippen LogP contribution in [0, 0.1) is 0 Å². The lowest BCUT2D eigenvalue weighted by molar-refractivity contribution is -0.199. The number of hydrogen-bond donors (Lipinski definition) is 4. The minimum atomic E-state index is -2.69. The van der Waals surface area contributed by atoms with Gasteiger partial charge in [-0.1, -0.05) is 0 Å². The molecule has 10 heteroatoms. The SMILES string of the molecule is CC(O)OC(=O)CC(O)(CC(=O)OC(C)O)C(=O)OC(C)O. The summed E-state index contributed by atoms with van der Waals surface area (Å²) in [6.07, 6.45) is -6.64. The molecule has 3 unspecified atom stereocenters. The van der Waals surface area contributed by atoms with Crippen LogP contribution in [0.2, 0.25) is 0 Å². The zero-order valence-corrected chi connectivity index (χ0v) is 12.4. The zero-order valence-electron chi connectivity index (χ0n) is 12.4. The fourth-order valence-corrected chi connectivity index (χ4v) is 1.41. The highest BCUT2D eigenvalue weighted by Crippen LogP contribution is 2.21. The van der Waals surface area contributed by atoms with Gasteiger partial charge in [-0.15, -0.1) is 0 Å². The molecule has 0 amide bonds. The van der Waals surface area contributed by atoms with Gasteiger partial charge in [0.25, 0.3) is 0 Å². The van der Waals surface area contributed by atoms with E-state index in [-0.39, 0.29) is 0 Å². The third-order valence-electron chi connectivity index (χ3n) is 2.14. The molecule has 0 heterocycles. The second-order valence-electron chi connectivity index (χ2n) is 4.57. The Morgan fingerprint density at radius 3 is 1.41 bits per heavy atom. The Morgan fingerprint density at radius 2 is 1.14 bits per heavy atom. The van der Waals surface area contributed by atoms with Crippen molar-refractivity contribution in [1.29, 1.82) is 0 Å². The van der Waals surface area contributed by atoms with Crippen molar-refractivity contribution in [3.8, 4) is 0 Å². The van der Waals surface area contributed by atoms with Gasteiger partial charge in [-0.3, -0.25) is 9.59 Å². The lowest BCUT2D eigenvalue weighted by Gasteiger charge is -2.25. The van der Waals surface area contributed by atoms with Gasteiger partial charge in [-0.2, -0.15) is 0 Å². The van der Waals surface area contributed by atoms with Crippen molar-refractivity contribution in [2.75, 3.05) is 0 Å². The molecule has 4 N–H and O–H groups in total. The van der Waals surface area contributed by atoms with Gasteiger partial charge in [0, 0.05) is 0 Å². The molecule has 0 aliphatic rings. The van der Waals surface area contributed by atoms with Crippen LogP contribution in [0.3, 0.4) is 0 Å². The van der Waals surface area contributed by atoms with Gasteiger partial charge in [0.1, 0.15) is 0 Å². The van der Waals surface area contributed by atoms with Crippen molar-refractivity contribution in [2.45, 2.75) is 58.1 Å². The molecule has 0 rings (SSSR count). The maximum atomic E-state index is 11.7. The lowest BCUT2D eigenvalue weighted by Crippen LogP contribution is -2.46. The second kappa shape index (κ2) is 8.63. The first-order valence-corrected chi connectivity index (χ1v) is 6.33. The number of carbonyl (C=O) groups excluding carboxylic acids is 3. The molecular formula is C12H20O10. The third-order valence-corrected chi connectivity index (χ3v) is 2.14. The van der Waals surface area contributed by atoms with E-state index < -0.39 is 55.2 Å². The molecule has 128 valence electrons. The summed E-state index contributed by atoms with van der Waals surface area (Å²) in [5.41, 5.74) is -2.69. The van der Waals surface area contributed by atoms with Crippen LogP contribution in [0.15, 0.2) is 0 Å². The van der Waals surface area contributed by atoms with Crippen LogP contribution in [0.1, 0.15) is 33.6 Å². The van der Waals surface area contributed by atoms with Gasteiger partial charge < -0.3 is 34.6 Å². The quantitative estimate of drug-likeness (QED) is 0.226. The van der Waals surface area contributed by atoms with E-state index in [0.29, 0.717) is 0 Å². The molecule has 22 heavy (non-hydrogen) atoms. The van der Waals surface area contributed by atoms with Crippen molar-refractivity contribution in [2.24, 2.45) is 0 Å². The summed E-state index contributed by atoms with van der Waals surface area (Å²) in [5.74, 6) is -3.85. The van der Waals surface area contributed by atoms with E-state index in [1.54, 1.807) is 0 Å². The molecule has 0 radical (unpaired) electrons. The van der Waals surface area contributed by atoms with Crippen molar-refractivity contribution < 1.29 is 49.0 Å². The first-order chi connectivity index (χ1) is 9.96. The summed E-state index contributed by atoms with van der Waals surface area (Å²) in [6, 6.07) is 0. The van der Waals surface area contributed by atoms with Crippen molar-refractivity contribution in [3.63, 3.8) is 0 Å². The van der Waals surface area contributed by atoms with E-state index in [1.807, 2.05) is 0 Å². The van der Waals surface area contributed by atoms with Crippen LogP contribution >= 0.6 is 0 Å². The predicted molar refractivity (Wildman–Crippen MR) is 67.5 cm³/mol. The monoisotopic (exact) mass is 324 g/mol. The maximum absolute atomic E-state index is 11.7. The number of aliphatic hydroxyl groups excluding tert-OH is 3. The minimum absolute atomic E-state index is 1.03. The average Bonchev–Trinajstić information content (AvgIpc) is 2.24.